The molecule has 3 nitrogen and oxygen atoms in total. The molecule has 0 unspecified atom stereocenters. The van der Waals surface area contributed by atoms with Gasteiger partial charge < -0.3 is 5.32 Å². The van der Waals surface area contributed by atoms with Gasteiger partial charge in [-0.05, 0) is 18.2 Å². The summed E-state index contributed by atoms with van der Waals surface area (Å²) >= 11 is 13.6. The fraction of sp³-hybridized carbons (Fsp3) is 0.286. The highest BCUT2D eigenvalue weighted by atomic mass is 35.5. The van der Waals surface area contributed by atoms with Crippen molar-refractivity contribution >= 4 is 35.0 Å². The Morgan fingerprint density at radius 1 is 1.10 bits per heavy atom. The molecule has 2 aromatic rings. The molecule has 106 valence electrons. The Hall–Kier alpha value is -0.810. The van der Waals surface area contributed by atoms with E-state index in [1.54, 1.807) is 24.2 Å². The third-order valence-corrected chi connectivity index (χ3v) is 4.39. The third-order valence-electron chi connectivity index (χ3n) is 2.69. The number of thioether (sulfide) groups is 1. The van der Waals surface area contributed by atoms with Crippen molar-refractivity contribution in [2.45, 2.75) is 18.1 Å². The van der Waals surface area contributed by atoms with E-state index in [2.05, 4.69) is 15.3 Å². The monoisotopic (exact) mass is 328 g/mol. The smallest absolute Gasteiger partial charge is 0.187 e. The number of nitrogens with two attached hydrogens (primary N) is 1. The van der Waals surface area contributed by atoms with Crippen molar-refractivity contribution in [3.63, 3.8) is 0 Å². The Morgan fingerprint density at radius 2 is 1.90 bits per heavy atom. The first-order chi connectivity index (χ1) is 9.75. The molecule has 20 heavy (non-hydrogen) atoms. The molecule has 1 aromatic heterocycles. The SMILES string of the molecule is Clc1ccc(C[NH2+]CCCSc2ncccn2)cc1Cl. The van der Waals surface area contributed by atoms with Crippen LogP contribution in [0.5, 0.6) is 0 Å². The van der Waals surface area contributed by atoms with E-state index in [0.717, 1.165) is 30.4 Å². The summed E-state index contributed by atoms with van der Waals surface area (Å²) in [6.45, 7) is 1.99. The summed E-state index contributed by atoms with van der Waals surface area (Å²) in [6, 6.07) is 7.61. The number of hydrogen-bond donors (Lipinski definition) is 1. The molecule has 0 aliphatic heterocycles. The standard InChI is InChI=1S/C14H15Cl2N3S/c15-12-4-3-11(9-13(12)16)10-17-5-2-8-20-14-18-6-1-7-19-14/h1,3-4,6-7,9,17H,2,5,8,10H2/p+1. The molecule has 6 heteroatoms. The molecule has 2 N–H and O–H groups in total. The second-order valence-electron chi connectivity index (χ2n) is 4.26. The highest BCUT2D eigenvalue weighted by Gasteiger charge is 2.01. The first-order valence-corrected chi connectivity index (χ1v) is 8.15. The van der Waals surface area contributed by atoms with Gasteiger partial charge in [-0.2, -0.15) is 0 Å². The van der Waals surface area contributed by atoms with Gasteiger partial charge in [0.2, 0.25) is 0 Å². The van der Waals surface area contributed by atoms with Crippen LogP contribution >= 0.6 is 35.0 Å². The normalized spacial score (nSPS) is 10.7. The number of hydrogen-bond acceptors (Lipinski definition) is 3. The van der Waals surface area contributed by atoms with Crippen molar-refractivity contribution in [1.82, 2.24) is 9.97 Å². The van der Waals surface area contributed by atoms with Gasteiger partial charge in [-0.1, -0.05) is 41.0 Å². The minimum Gasteiger partial charge on any atom is -0.342 e. The van der Waals surface area contributed by atoms with Crippen LogP contribution in [0.4, 0.5) is 0 Å². The van der Waals surface area contributed by atoms with Gasteiger partial charge >= 0.3 is 0 Å². The van der Waals surface area contributed by atoms with Crippen molar-refractivity contribution in [2.24, 2.45) is 0 Å². The van der Waals surface area contributed by atoms with E-state index in [-0.39, 0.29) is 0 Å². The fourth-order valence-electron chi connectivity index (χ4n) is 1.69. The van der Waals surface area contributed by atoms with E-state index in [9.17, 15) is 0 Å². The molecule has 0 atom stereocenters. The van der Waals surface area contributed by atoms with Gasteiger partial charge in [0.1, 0.15) is 6.54 Å². The van der Waals surface area contributed by atoms with Crippen molar-refractivity contribution in [3.05, 3.63) is 52.3 Å². The molecular weight excluding hydrogens is 313 g/mol. The van der Waals surface area contributed by atoms with E-state index in [4.69, 9.17) is 23.2 Å². The van der Waals surface area contributed by atoms with E-state index >= 15 is 0 Å². The van der Waals surface area contributed by atoms with Gasteiger partial charge in [0.25, 0.3) is 0 Å². The highest BCUT2D eigenvalue weighted by molar-refractivity contribution is 7.99. The predicted molar refractivity (Wildman–Crippen MR) is 84.3 cm³/mol. The highest BCUT2D eigenvalue weighted by Crippen LogP contribution is 2.22. The molecular formula is C14H16Cl2N3S+. The van der Waals surface area contributed by atoms with Crippen molar-refractivity contribution in [2.75, 3.05) is 12.3 Å². The minimum atomic E-state index is 0.606. The molecule has 0 amide bonds. The van der Waals surface area contributed by atoms with Crippen LogP contribution in [0.1, 0.15) is 12.0 Å². The van der Waals surface area contributed by atoms with Crippen molar-refractivity contribution in [3.8, 4) is 0 Å². The predicted octanol–water partition coefficient (Wildman–Crippen LogP) is 3.03. The van der Waals surface area contributed by atoms with Crippen LogP contribution < -0.4 is 5.32 Å². The summed E-state index contributed by atoms with van der Waals surface area (Å²) < 4.78 is 0. The van der Waals surface area contributed by atoms with Gasteiger partial charge in [0.05, 0.1) is 16.6 Å². The Kier molecular flexibility index (Phi) is 6.60. The van der Waals surface area contributed by atoms with E-state index in [1.807, 2.05) is 24.3 Å². The molecule has 0 saturated carbocycles. The van der Waals surface area contributed by atoms with E-state index in [1.165, 1.54) is 5.56 Å². The summed E-state index contributed by atoms with van der Waals surface area (Å²) in [5.41, 5.74) is 1.19. The maximum absolute atomic E-state index is 5.98. The fourth-order valence-corrected chi connectivity index (χ4v) is 2.77. The summed E-state index contributed by atoms with van der Waals surface area (Å²) in [7, 11) is 0. The Balaban J connectivity index is 1.61. The van der Waals surface area contributed by atoms with Gasteiger partial charge in [0, 0.05) is 30.1 Å². The molecule has 2 rings (SSSR count). The second kappa shape index (κ2) is 8.47. The van der Waals surface area contributed by atoms with Crippen molar-refractivity contribution in [1.29, 1.82) is 0 Å². The number of quaternary nitrogens is 1. The lowest BCUT2D eigenvalue weighted by Gasteiger charge is -2.03. The Labute approximate surface area is 133 Å². The average molecular weight is 329 g/mol. The molecule has 0 spiro atoms. The van der Waals surface area contributed by atoms with Gasteiger partial charge in [-0.3, -0.25) is 0 Å². The summed E-state index contributed by atoms with van der Waals surface area (Å²) in [5.74, 6) is 1.03. The largest absolute Gasteiger partial charge is 0.342 e. The number of benzene rings is 1. The van der Waals surface area contributed by atoms with Crippen LogP contribution in [0.3, 0.4) is 0 Å². The lowest BCUT2D eigenvalue weighted by molar-refractivity contribution is -0.670. The molecule has 0 bridgehead atoms. The zero-order valence-corrected chi connectivity index (χ0v) is 13.3. The van der Waals surface area contributed by atoms with Gasteiger partial charge in [-0.15, -0.1) is 0 Å². The molecule has 0 aliphatic carbocycles. The zero-order valence-electron chi connectivity index (χ0n) is 10.9. The molecule has 0 radical (unpaired) electrons. The van der Waals surface area contributed by atoms with Crippen LogP contribution in [0.25, 0.3) is 0 Å². The number of nitrogens with zero attached hydrogens (tertiary/aromatic N) is 2. The molecule has 0 saturated heterocycles. The first-order valence-electron chi connectivity index (χ1n) is 6.41. The molecule has 0 aliphatic rings. The minimum absolute atomic E-state index is 0.606. The van der Waals surface area contributed by atoms with Gasteiger partial charge in [0.15, 0.2) is 5.16 Å². The van der Waals surface area contributed by atoms with Crippen LogP contribution in [0, 0.1) is 0 Å². The lowest BCUT2D eigenvalue weighted by Crippen LogP contribution is -2.82. The Bertz CT molecular complexity index is 537. The average Bonchev–Trinajstić information content (AvgIpc) is 2.47. The Morgan fingerprint density at radius 3 is 2.65 bits per heavy atom. The van der Waals surface area contributed by atoms with E-state index < -0.39 is 0 Å². The topological polar surface area (TPSA) is 42.4 Å². The van der Waals surface area contributed by atoms with Crippen molar-refractivity contribution < 1.29 is 5.32 Å². The van der Waals surface area contributed by atoms with E-state index in [0.29, 0.717) is 10.0 Å². The maximum Gasteiger partial charge on any atom is 0.187 e. The first kappa shape index (κ1) is 15.6. The molecule has 1 aromatic carbocycles. The summed E-state index contributed by atoms with van der Waals surface area (Å²) in [4.78, 5) is 8.35. The summed E-state index contributed by atoms with van der Waals surface area (Å²) in [5, 5.41) is 4.34. The number of rotatable bonds is 7. The zero-order chi connectivity index (χ0) is 14.2. The van der Waals surface area contributed by atoms with Crippen LogP contribution in [-0.4, -0.2) is 22.3 Å². The number of halogens is 2. The summed E-state index contributed by atoms with van der Waals surface area (Å²) in [6.07, 6.45) is 4.65. The number of aromatic nitrogens is 2. The van der Waals surface area contributed by atoms with Crippen LogP contribution in [0.2, 0.25) is 10.0 Å². The van der Waals surface area contributed by atoms with Crippen LogP contribution in [-0.2, 0) is 6.54 Å². The molecule has 0 fully saturated rings. The molecule has 1 heterocycles. The quantitative estimate of drug-likeness (QED) is 0.482. The third kappa shape index (κ3) is 5.29. The maximum atomic E-state index is 5.98. The van der Waals surface area contributed by atoms with Gasteiger partial charge in [-0.25, -0.2) is 9.97 Å². The van der Waals surface area contributed by atoms with Crippen LogP contribution in [0.15, 0.2) is 41.8 Å². The second-order valence-corrected chi connectivity index (χ2v) is 6.14. The lowest BCUT2D eigenvalue weighted by atomic mass is 10.2.